The average molecular weight is 438 g/mol. The molecule has 4 rings (SSSR count). The molecule has 3 aromatic heterocycles. The zero-order valence-corrected chi connectivity index (χ0v) is 18.2. The van der Waals surface area contributed by atoms with E-state index >= 15 is 0 Å². The second-order valence-electron chi connectivity index (χ2n) is 8.02. The lowest BCUT2D eigenvalue weighted by molar-refractivity contribution is 0.101. The Morgan fingerprint density at radius 2 is 2.09 bits per heavy atom. The first-order valence-corrected chi connectivity index (χ1v) is 10.7. The fraction of sp³-hybridized carbons (Fsp3) is 0.409. The third kappa shape index (κ3) is 4.01. The van der Waals surface area contributed by atoms with Crippen molar-refractivity contribution in [3.05, 3.63) is 51.5 Å². The van der Waals surface area contributed by atoms with E-state index in [4.69, 9.17) is 5.73 Å². The molecule has 3 aromatic rings. The van der Waals surface area contributed by atoms with Crippen molar-refractivity contribution < 1.29 is 10.0 Å². The first kappa shape index (κ1) is 21.7. The molecule has 1 fully saturated rings. The Balaban J connectivity index is 1.88. The number of rotatable bonds is 6. The lowest BCUT2D eigenvalue weighted by Gasteiger charge is -2.19. The first-order valence-electron chi connectivity index (χ1n) is 10.7. The summed E-state index contributed by atoms with van der Waals surface area (Å²) in [6.45, 7) is 4.19. The molecule has 0 saturated heterocycles. The van der Waals surface area contributed by atoms with Crippen LogP contribution in [-0.2, 0) is 0 Å². The monoisotopic (exact) mass is 437 g/mol. The SMILES string of the molecule is CC(=O)c1c(C)c2cnc(/N=c3/ccc(NCCN)cn3O)nc2n(C2CCCC2)c1=O. The summed E-state index contributed by atoms with van der Waals surface area (Å²) in [6.07, 6.45) is 6.85. The lowest BCUT2D eigenvalue weighted by Crippen LogP contribution is -2.30. The molecule has 32 heavy (non-hydrogen) atoms. The highest BCUT2D eigenvalue weighted by Gasteiger charge is 2.25. The summed E-state index contributed by atoms with van der Waals surface area (Å²) in [5.74, 6) is -0.149. The number of aryl methyl sites for hydroxylation is 1. The Kier molecular flexibility index (Phi) is 6.04. The molecule has 168 valence electrons. The maximum atomic E-state index is 13.3. The van der Waals surface area contributed by atoms with Gasteiger partial charge in [-0.2, -0.15) is 14.7 Å². The Labute approximate surface area is 184 Å². The molecule has 1 saturated carbocycles. The molecular weight excluding hydrogens is 410 g/mol. The lowest BCUT2D eigenvalue weighted by atomic mass is 10.0. The van der Waals surface area contributed by atoms with Gasteiger partial charge in [-0.3, -0.25) is 14.2 Å². The second-order valence-corrected chi connectivity index (χ2v) is 8.02. The largest absolute Gasteiger partial charge is 0.427 e. The van der Waals surface area contributed by atoms with Gasteiger partial charge in [-0.1, -0.05) is 12.8 Å². The standard InChI is InChI=1S/C22H27N7O3/c1-13-17-11-25-22(26-18-8-7-15(12-28(18)32)24-10-9-23)27-20(17)29(16-5-3-4-6-16)21(31)19(13)14(2)30/h7-8,11-12,16,24,32H,3-6,9-10,23H2,1-2H3/b26-18-. The van der Waals surface area contributed by atoms with Crippen LogP contribution in [0.1, 0.15) is 54.6 Å². The number of hydrogen-bond acceptors (Lipinski definition) is 8. The van der Waals surface area contributed by atoms with Gasteiger partial charge in [-0.05, 0) is 44.4 Å². The molecule has 0 amide bonds. The highest BCUT2D eigenvalue weighted by molar-refractivity contribution is 5.99. The third-order valence-corrected chi connectivity index (χ3v) is 5.83. The molecule has 4 N–H and O–H groups in total. The van der Waals surface area contributed by atoms with Gasteiger partial charge in [0.15, 0.2) is 11.3 Å². The number of nitrogens with two attached hydrogens (primary N) is 1. The number of carbonyl (C=O) groups excluding carboxylic acids is 1. The number of aromatic nitrogens is 4. The van der Waals surface area contributed by atoms with E-state index in [1.807, 2.05) is 0 Å². The van der Waals surface area contributed by atoms with Crippen molar-refractivity contribution in [2.24, 2.45) is 10.7 Å². The van der Waals surface area contributed by atoms with Crippen LogP contribution in [0.3, 0.4) is 0 Å². The molecule has 0 spiro atoms. The van der Waals surface area contributed by atoms with Crippen molar-refractivity contribution in [3.8, 4) is 0 Å². The average Bonchev–Trinajstić information content (AvgIpc) is 3.28. The molecule has 10 nitrogen and oxygen atoms in total. The van der Waals surface area contributed by atoms with Gasteiger partial charge in [0.1, 0.15) is 5.65 Å². The van der Waals surface area contributed by atoms with Crippen LogP contribution in [-0.4, -0.2) is 43.3 Å². The van der Waals surface area contributed by atoms with Gasteiger partial charge in [0, 0.05) is 30.7 Å². The van der Waals surface area contributed by atoms with Crippen LogP contribution in [0.2, 0.25) is 0 Å². The van der Waals surface area contributed by atoms with Crippen molar-refractivity contribution in [2.75, 3.05) is 18.4 Å². The molecule has 0 atom stereocenters. The highest BCUT2D eigenvalue weighted by Crippen LogP contribution is 2.31. The zero-order chi connectivity index (χ0) is 22.8. The first-order chi connectivity index (χ1) is 15.4. The van der Waals surface area contributed by atoms with Crippen molar-refractivity contribution in [3.63, 3.8) is 0 Å². The second kappa shape index (κ2) is 8.91. The number of ketones is 1. The number of nitrogens with one attached hydrogen (secondary N) is 1. The quantitative estimate of drug-likeness (QED) is 0.396. The van der Waals surface area contributed by atoms with Crippen LogP contribution in [0, 0.1) is 6.92 Å². The van der Waals surface area contributed by atoms with E-state index in [0.717, 1.165) is 30.4 Å². The van der Waals surface area contributed by atoms with Crippen LogP contribution >= 0.6 is 0 Å². The summed E-state index contributed by atoms with van der Waals surface area (Å²) in [5.41, 5.74) is 7.32. The molecule has 0 aliphatic heterocycles. The number of anilines is 1. The number of pyridine rings is 2. The Bertz CT molecular complexity index is 1300. The van der Waals surface area contributed by atoms with E-state index in [1.165, 1.54) is 13.1 Å². The molecule has 1 aliphatic rings. The van der Waals surface area contributed by atoms with Crippen molar-refractivity contribution >= 4 is 28.5 Å². The summed E-state index contributed by atoms with van der Waals surface area (Å²) in [5, 5.41) is 14.0. The molecule has 0 aromatic carbocycles. The zero-order valence-electron chi connectivity index (χ0n) is 18.2. The van der Waals surface area contributed by atoms with Crippen molar-refractivity contribution in [1.82, 2.24) is 19.3 Å². The van der Waals surface area contributed by atoms with E-state index < -0.39 is 0 Å². The third-order valence-electron chi connectivity index (χ3n) is 5.83. The molecule has 10 heteroatoms. The van der Waals surface area contributed by atoms with Crippen LogP contribution in [0.25, 0.3) is 11.0 Å². The van der Waals surface area contributed by atoms with Crippen molar-refractivity contribution in [1.29, 1.82) is 0 Å². The van der Waals surface area contributed by atoms with Crippen LogP contribution < -0.4 is 22.1 Å². The minimum atomic E-state index is -0.313. The molecular formula is C22H27N7O3. The predicted molar refractivity (Wildman–Crippen MR) is 120 cm³/mol. The smallest absolute Gasteiger partial charge is 0.263 e. The molecule has 1 aliphatic carbocycles. The summed E-state index contributed by atoms with van der Waals surface area (Å²) in [4.78, 5) is 38.7. The predicted octanol–water partition coefficient (Wildman–Crippen LogP) is 2.06. The van der Waals surface area contributed by atoms with Crippen LogP contribution in [0.5, 0.6) is 0 Å². The van der Waals surface area contributed by atoms with Gasteiger partial charge in [0.05, 0.1) is 17.4 Å². The van der Waals surface area contributed by atoms with Gasteiger partial charge in [0.25, 0.3) is 11.5 Å². The van der Waals surface area contributed by atoms with E-state index in [9.17, 15) is 14.8 Å². The summed E-state index contributed by atoms with van der Waals surface area (Å²) >= 11 is 0. The number of hydrogen-bond donors (Lipinski definition) is 3. The summed E-state index contributed by atoms with van der Waals surface area (Å²) < 4.78 is 2.51. The normalized spacial score (nSPS) is 14.9. The molecule has 0 bridgehead atoms. The topological polar surface area (TPSA) is 140 Å². The molecule has 0 unspecified atom stereocenters. The fourth-order valence-corrected chi connectivity index (χ4v) is 4.29. The summed E-state index contributed by atoms with van der Waals surface area (Å²) in [6, 6.07) is 3.38. The highest BCUT2D eigenvalue weighted by atomic mass is 16.5. The van der Waals surface area contributed by atoms with E-state index in [0.29, 0.717) is 35.4 Å². The number of Topliss-reactive ketones (excluding diaryl/α,β-unsaturated/α-hetero) is 1. The minimum Gasteiger partial charge on any atom is -0.427 e. The fourth-order valence-electron chi connectivity index (χ4n) is 4.29. The molecule has 3 heterocycles. The Morgan fingerprint density at radius 1 is 1.34 bits per heavy atom. The van der Waals surface area contributed by atoms with Gasteiger partial charge in [-0.15, -0.1) is 0 Å². The van der Waals surface area contributed by atoms with Crippen molar-refractivity contribution in [2.45, 2.75) is 45.6 Å². The Morgan fingerprint density at radius 3 is 2.75 bits per heavy atom. The van der Waals surface area contributed by atoms with E-state index in [1.54, 1.807) is 29.8 Å². The Hall–Kier alpha value is -3.53. The van der Waals surface area contributed by atoms with E-state index in [2.05, 4.69) is 20.3 Å². The number of carbonyl (C=O) groups is 1. The maximum Gasteiger partial charge on any atom is 0.263 e. The van der Waals surface area contributed by atoms with Gasteiger partial charge < -0.3 is 16.3 Å². The van der Waals surface area contributed by atoms with Crippen LogP contribution in [0.4, 0.5) is 11.6 Å². The minimum absolute atomic E-state index is 0.0119. The number of fused-ring (bicyclic) bond motifs is 1. The van der Waals surface area contributed by atoms with Crippen LogP contribution in [0.15, 0.2) is 34.3 Å². The molecule has 0 radical (unpaired) electrons. The number of nitrogens with zero attached hydrogens (tertiary/aromatic N) is 5. The van der Waals surface area contributed by atoms with E-state index in [-0.39, 0.29) is 34.4 Å². The van der Waals surface area contributed by atoms with Gasteiger partial charge in [-0.25, -0.2) is 4.98 Å². The van der Waals surface area contributed by atoms with Gasteiger partial charge in [0.2, 0.25) is 0 Å². The van der Waals surface area contributed by atoms with Gasteiger partial charge >= 0.3 is 0 Å². The maximum absolute atomic E-state index is 13.3. The summed E-state index contributed by atoms with van der Waals surface area (Å²) in [7, 11) is 0.